The summed E-state index contributed by atoms with van der Waals surface area (Å²) in [5.41, 5.74) is 2.78. The number of anilines is 1. The molecule has 0 spiro atoms. The first-order valence-corrected chi connectivity index (χ1v) is 13.0. The number of benzene rings is 3. The third-order valence-corrected chi connectivity index (χ3v) is 7.78. The molecule has 0 saturated heterocycles. The van der Waals surface area contributed by atoms with Crippen LogP contribution in [0.5, 0.6) is 11.5 Å². The minimum atomic E-state index is -4.02. The number of nitrogens with zero attached hydrogens (tertiary/aromatic N) is 1. The number of hydrogen-bond donors (Lipinski definition) is 1. The number of carbonyl (C=O) groups excluding carboxylic acids is 1. The van der Waals surface area contributed by atoms with Crippen molar-refractivity contribution >= 4 is 33.2 Å². The molecule has 0 bridgehead atoms. The van der Waals surface area contributed by atoms with Crippen LogP contribution in [0.25, 0.3) is 0 Å². The van der Waals surface area contributed by atoms with E-state index in [2.05, 4.69) is 5.32 Å². The van der Waals surface area contributed by atoms with Crippen LogP contribution in [0.2, 0.25) is 5.02 Å². The van der Waals surface area contributed by atoms with E-state index in [-0.39, 0.29) is 10.9 Å². The molecule has 1 aliphatic rings. The van der Waals surface area contributed by atoms with E-state index in [1.165, 1.54) is 0 Å². The molecular weight excluding hydrogens is 488 g/mol. The van der Waals surface area contributed by atoms with Gasteiger partial charge in [0.25, 0.3) is 10.0 Å². The normalized spacial score (nSPS) is 13.7. The van der Waals surface area contributed by atoms with Gasteiger partial charge in [0.05, 0.1) is 16.6 Å². The molecule has 184 valence electrons. The van der Waals surface area contributed by atoms with Crippen LogP contribution in [0.3, 0.4) is 0 Å². The number of hydrogen-bond acceptors (Lipinski definition) is 5. The standard InChI is InChI=1S/C26H27ClN2O5S/c1-17-4-8-22(9-5-17)35(31,32)29(23-10-7-21(27)14-18(23)2)16-26(30)28-19(3)20-6-11-24-25(15-20)34-13-12-33-24/h4-11,14-15,19H,12-13,16H2,1-3H3,(H,28,30)/t19-/m0/s1. The van der Waals surface area contributed by atoms with Gasteiger partial charge in [-0.15, -0.1) is 0 Å². The van der Waals surface area contributed by atoms with Gasteiger partial charge >= 0.3 is 0 Å². The highest BCUT2D eigenvalue weighted by molar-refractivity contribution is 7.92. The van der Waals surface area contributed by atoms with E-state index in [1.54, 1.807) is 55.5 Å². The molecule has 0 saturated carbocycles. The molecule has 1 aliphatic heterocycles. The lowest BCUT2D eigenvalue weighted by atomic mass is 10.1. The molecule has 35 heavy (non-hydrogen) atoms. The van der Waals surface area contributed by atoms with Gasteiger partial charge in [-0.1, -0.05) is 35.4 Å². The smallest absolute Gasteiger partial charge is 0.264 e. The van der Waals surface area contributed by atoms with Gasteiger partial charge in [-0.05, 0) is 74.4 Å². The molecule has 1 heterocycles. The average Bonchev–Trinajstić information content (AvgIpc) is 2.83. The first-order chi connectivity index (χ1) is 16.6. The Morgan fingerprint density at radius 3 is 2.37 bits per heavy atom. The summed E-state index contributed by atoms with van der Waals surface area (Å²) in [6.07, 6.45) is 0. The summed E-state index contributed by atoms with van der Waals surface area (Å²) in [5.74, 6) is 0.833. The summed E-state index contributed by atoms with van der Waals surface area (Å²) in [7, 11) is -4.02. The molecule has 1 atom stereocenters. The molecule has 0 unspecified atom stereocenters. The highest BCUT2D eigenvalue weighted by atomic mass is 35.5. The number of nitrogens with one attached hydrogen (secondary N) is 1. The van der Waals surface area contributed by atoms with Crippen molar-refractivity contribution < 1.29 is 22.7 Å². The number of amides is 1. The SMILES string of the molecule is Cc1ccc(S(=O)(=O)N(CC(=O)N[C@@H](C)c2ccc3c(c2)OCCO3)c2ccc(Cl)cc2C)cc1. The Morgan fingerprint density at radius 2 is 1.69 bits per heavy atom. The molecule has 3 aromatic rings. The molecule has 4 rings (SSSR count). The molecule has 0 radical (unpaired) electrons. The van der Waals surface area contributed by atoms with Gasteiger partial charge in [0.15, 0.2) is 11.5 Å². The maximum absolute atomic E-state index is 13.6. The van der Waals surface area contributed by atoms with E-state index in [0.717, 1.165) is 15.4 Å². The Hall–Kier alpha value is -3.23. The van der Waals surface area contributed by atoms with Crippen molar-refractivity contribution in [3.05, 3.63) is 82.4 Å². The maximum atomic E-state index is 13.6. The summed E-state index contributed by atoms with van der Waals surface area (Å²) in [4.78, 5) is 13.2. The molecular formula is C26H27ClN2O5S. The number of sulfonamides is 1. The fourth-order valence-electron chi connectivity index (χ4n) is 3.87. The predicted molar refractivity (Wildman–Crippen MR) is 136 cm³/mol. The van der Waals surface area contributed by atoms with Crippen molar-refractivity contribution in [3.63, 3.8) is 0 Å². The fourth-order valence-corrected chi connectivity index (χ4v) is 5.58. The van der Waals surface area contributed by atoms with Crippen LogP contribution in [-0.2, 0) is 14.8 Å². The van der Waals surface area contributed by atoms with E-state index < -0.39 is 22.5 Å². The second-order valence-corrected chi connectivity index (χ2v) is 10.7. The summed E-state index contributed by atoms with van der Waals surface area (Å²) in [6.45, 7) is 6.03. The third kappa shape index (κ3) is 5.55. The molecule has 0 aliphatic carbocycles. The Kier molecular flexibility index (Phi) is 7.23. The number of rotatable bonds is 7. The van der Waals surface area contributed by atoms with Gasteiger partial charge in [0, 0.05) is 5.02 Å². The number of fused-ring (bicyclic) bond motifs is 1. The molecule has 0 aromatic heterocycles. The van der Waals surface area contributed by atoms with Crippen molar-refractivity contribution in [2.24, 2.45) is 0 Å². The molecule has 3 aromatic carbocycles. The summed E-state index contributed by atoms with van der Waals surface area (Å²) < 4.78 is 39.5. The highest BCUT2D eigenvalue weighted by Gasteiger charge is 2.29. The van der Waals surface area contributed by atoms with Crippen LogP contribution in [0, 0.1) is 13.8 Å². The second kappa shape index (κ2) is 10.2. The predicted octanol–water partition coefficient (Wildman–Crippen LogP) is 4.80. The fraction of sp³-hybridized carbons (Fsp3) is 0.269. The molecule has 1 N–H and O–H groups in total. The molecule has 7 nitrogen and oxygen atoms in total. The van der Waals surface area contributed by atoms with Crippen molar-refractivity contribution in [2.75, 3.05) is 24.1 Å². The van der Waals surface area contributed by atoms with Gasteiger partial charge in [0.1, 0.15) is 19.8 Å². The average molecular weight is 515 g/mol. The lowest BCUT2D eigenvalue weighted by Gasteiger charge is -2.27. The Labute approximate surface area is 210 Å². The maximum Gasteiger partial charge on any atom is 0.264 e. The van der Waals surface area contributed by atoms with Crippen LogP contribution < -0.4 is 19.1 Å². The van der Waals surface area contributed by atoms with Crippen LogP contribution in [0.1, 0.15) is 29.7 Å². The Morgan fingerprint density at radius 1 is 1.00 bits per heavy atom. The topological polar surface area (TPSA) is 84.9 Å². The largest absolute Gasteiger partial charge is 0.486 e. The van der Waals surface area contributed by atoms with Gasteiger partial charge in [-0.2, -0.15) is 0 Å². The zero-order valence-corrected chi connectivity index (χ0v) is 21.3. The first-order valence-electron chi connectivity index (χ1n) is 11.2. The monoisotopic (exact) mass is 514 g/mol. The zero-order valence-electron chi connectivity index (χ0n) is 19.7. The number of ether oxygens (including phenoxy) is 2. The molecule has 0 fully saturated rings. The van der Waals surface area contributed by atoms with Crippen molar-refractivity contribution in [1.29, 1.82) is 0 Å². The van der Waals surface area contributed by atoms with E-state index in [1.807, 2.05) is 26.0 Å². The van der Waals surface area contributed by atoms with Crippen molar-refractivity contribution in [2.45, 2.75) is 31.7 Å². The molecule has 1 amide bonds. The van der Waals surface area contributed by atoms with Gasteiger partial charge in [-0.3, -0.25) is 9.10 Å². The number of carbonyl (C=O) groups is 1. The van der Waals surface area contributed by atoms with E-state index in [4.69, 9.17) is 21.1 Å². The number of aryl methyl sites for hydroxylation is 2. The minimum Gasteiger partial charge on any atom is -0.486 e. The van der Waals surface area contributed by atoms with Gasteiger partial charge in [0.2, 0.25) is 5.91 Å². The zero-order chi connectivity index (χ0) is 25.2. The summed E-state index contributed by atoms with van der Waals surface area (Å²) in [6, 6.07) is 16.5. The van der Waals surface area contributed by atoms with Gasteiger partial charge in [-0.25, -0.2) is 8.42 Å². The summed E-state index contributed by atoms with van der Waals surface area (Å²) >= 11 is 6.10. The Bertz CT molecular complexity index is 1340. The molecule has 9 heteroatoms. The van der Waals surface area contributed by atoms with Crippen LogP contribution in [-0.4, -0.2) is 34.1 Å². The third-order valence-electron chi connectivity index (χ3n) is 5.77. The van der Waals surface area contributed by atoms with E-state index >= 15 is 0 Å². The lowest BCUT2D eigenvalue weighted by Crippen LogP contribution is -2.42. The van der Waals surface area contributed by atoms with Crippen LogP contribution in [0.15, 0.2) is 65.6 Å². The Balaban J connectivity index is 1.60. The van der Waals surface area contributed by atoms with Crippen LogP contribution >= 0.6 is 11.6 Å². The first kappa shape index (κ1) is 24.9. The lowest BCUT2D eigenvalue weighted by molar-refractivity contribution is -0.120. The second-order valence-electron chi connectivity index (χ2n) is 8.45. The number of halogens is 1. The van der Waals surface area contributed by atoms with Crippen LogP contribution in [0.4, 0.5) is 5.69 Å². The van der Waals surface area contributed by atoms with E-state index in [9.17, 15) is 13.2 Å². The van der Waals surface area contributed by atoms with Crippen molar-refractivity contribution in [3.8, 4) is 11.5 Å². The van der Waals surface area contributed by atoms with Gasteiger partial charge < -0.3 is 14.8 Å². The highest BCUT2D eigenvalue weighted by Crippen LogP contribution is 2.33. The van der Waals surface area contributed by atoms with E-state index in [0.29, 0.717) is 41.0 Å². The minimum absolute atomic E-state index is 0.102. The quantitative estimate of drug-likeness (QED) is 0.489. The van der Waals surface area contributed by atoms with Crippen molar-refractivity contribution in [1.82, 2.24) is 5.32 Å². The summed E-state index contributed by atoms with van der Waals surface area (Å²) in [5, 5.41) is 3.38.